The van der Waals surface area contributed by atoms with E-state index in [0.717, 1.165) is 31.2 Å². The minimum atomic E-state index is -1.53. The van der Waals surface area contributed by atoms with Crippen molar-refractivity contribution in [2.45, 2.75) is 17.2 Å². The number of hydrogen-bond donors (Lipinski definition) is 3. The fourth-order valence-electron chi connectivity index (χ4n) is 3.95. The molecule has 3 amide bonds. The maximum atomic E-state index is 14.7. The maximum absolute atomic E-state index is 14.7. The Balaban J connectivity index is 1.54. The predicted octanol–water partition coefficient (Wildman–Crippen LogP) is 7.80. The summed E-state index contributed by atoms with van der Waals surface area (Å²) in [5.41, 5.74) is -1.50. The molecule has 1 aliphatic rings. The molecule has 0 unspecified atom stereocenters. The Morgan fingerprint density at radius 2 is 1.46 bits per heavy atom. The zero-order valence-electron chi connectivity index (χ0n) is 19.4. The summed E-state index contributed by atoms with van der Waals surface area (Å²) in [6.45, 7) is 1.11. The molecule has 3 aromatic carbocycles. The zero-order valence-corrected chi connectivity index (χ0v) is 23.2. The Bertz CT molecular complexity index is 1510. The number of alkyl halides is 2. The first kappa shape index (κ1) is 29.3. The normalized spacial score (nSPS) is 17.4. The number of carbonyl (C=O) groups excluding carboxylic acids is 3. The summed E-state index contributed by atoms with van der Waals surface area (Å²) in [5.74, 6) is -7.68. The summed E-state index contributed by atoms with van der Waals surface area (Å²) >= 11 is 30.8. The highest BCUT2D eigenvalue weighted by Crippen LogP contribution is 2.65. The molecule has 0 bridgehead atoms. The Morgan fingerprint density at radius 3 is 2.08 bits per heavy atom. The van der Waals surface area contributed by atoms with Crippen LogP contribution in [0.1, 0.15) is 28.8 Å². The van der Waals surface area contributed by atoms with Crippen molar-refractivity contribution in [3.8, 4) is 0 Å². The monoisotopic (exact) mass is 637 g/mol. The van der Waals surface area contributed by atoms with Gasteiger partial charge in [0.25, 0.3) is 5.91 Å². The molecule has 1 fully saturated rings. The lowest BCUT2D eigenvalue weighted by atomic mass is 10.1. The second-order valence-electron chi connectivity index (χ2n) is 8.53. The molecule has 1 aliphatic carbocycles. The molecule has 0 spiro atoms. The average Bonchev–Trinajstić information content (AvgIpc) is 3.44. The van der Waals surface area contributed by atoms with Crippen LogP contribution in [0.15, 0.2) is 42.5 Å². The number of nitrogens with one attached hydrogen (secondary N) is 3. The predicted molar refractivity (Wildman–Crippen MR) is 146 cm³/mol. The van der Waals surface area contributed by atoms with E-state index in [1.807, 2.05) is 5.32 Å². The van der Waals surface area contributed by atoms with Gasteiger partial charge in [-0.25, -0.2) is 13.2 Å². The van der Waals surface area contributed by atoms with Crippen LogP contribution in [0.4, 0.5) is 30.2 Å². The second kappa shape index (κ2) is 11.1. The van der Waals surface area contributed by atoms with Gasteiger partial charge in [0, 0.05) is 18.5 Å². The smallest absolute Gasteiger partial charge is 0.258 e. The van der Waals surface area contributed by atoms with E-state index >= 15 is 0 Å². The molecule has 4 rings (SSSR count). The molecule has 14 heteroatoms. The second-order valence-corrected chi connectivity index (χ2v) is 11.2. The lowest BCUT2D eigenvalue weighted by molar-refractivity contribution is -0.117. The van der Waals surface area contributed by atoms with Gasteiger partial charge in [0.1, 0.15) is 21.7 Å². The minimum Gasteiger partial charge on any atom is -0.326 e. The number of benzene rings is 3. The van der Waals surface area contributed by atoms with Crippen LogP contribution >= 0.6 is 58.0 Å². The largest absolute Gasteiger partial charge is 0.326 e. The van der Waals surface area contributed by atoms with Crippen LogP contribution in [0.25, 0.3) is 0 Å². The van der Waals surface area contributed by atoms with Crippen LogP contribution in [-0.4, -0.2) is 22.1 Å². The number of hydrogen-bond acceptors (Lipinski definition) is 3. The molecule has 6 nitrogen and oxygen atoms in total. The van der Waals surface area contributed by atoms with Gasteiger partial charge in [-0.3, -0.25) is 14.4 Å². The van der Waals surface area contributed by atoms with Crippen LogP contribution in [0.5, 0.6) is 0 Å². The molecule has 0 saturated heterocycles. The van der Waals surface area contributed by atoms with Crippen LogP contribution < -0.4 is 16.0 Å². The SMILES string of the molecule is CC(=O)Nc1ccc(F)c(NC(=O)c2cc(NC(=O)[C@H]3[C@H](c4cc(Cl)c(Cl)c(Cl)c4)C3(Cl)Cl)ccc2F)c1F. The third-order valence-corrected chi connectivity index (χ3v) is 7.96. The molecule has 2 atom stereocenters. The third-order valence-electron chi connectivity index (χ3n) is 5.82. The molecule has 3 aromatic rings. The van der Waals surface area contributed by atoms with Gasteiger partial charge in [-0.05, 0) is 48.0 Å². The van der Waals surface area contributed by atoms with E-state index in [2.05, 4.69) is 10.6 Å². The van der Waals surface area contributed by atoms with E-state index in [9.17, 15) is 27.6 Å². The van der Waals surface area contributed by atoms with Crippen molar-refractivity contribution < 1.29 is 27.6 Å². The van der Waals surface area contributed by atoms with Crippen molar-refractivity contribution in [3.05, 3.63) is 86.1 Å². The van der Waals surface area contributed by atoms with Crippen molar-refractivity contribution in [1.82, 2.24) is 0 Å². The summed E-state index contributed by atoms with van der Waals surface area (Å²) in [6, 6.07) is 7.74. The molecule has 0 aliphatic heterocycles. The molecular formula is C25H15Cl5F3N3O3. The van der Waals surface area contributed by atoms with E-state index in [1.165, 1.54) is 18.2 Å². The van der Waals surface area contributed by atoms with E-state index in [-0.39, 0.29) is 20.8 Å². The number of carbonyl (C=O) groups is 3. The summed E-state index contributed by atoms with van der Waals surface area (Å²) in [7, 11) is 0. The van der Waals surface area contributed by atoms with Crippen molar-refractivity contribution in [2.75, 3.05) is 16.0 Å². The molecule has 39 heavy (non-hydrogen) atoms. The Morgan fingerprint density at radius 1 is 0.846 bits per heavy atom. The lowest BCUT2D eigenvalue weighted by Gasteiger charge is -2.13. The van der Waals surface area contributed by atoms with E-state index in [1.54, 1.807) is 0 Å². The zero-order chi connectivity index (χ0) is 28.8. The molecule has 204 valence electrons. The summed E-state index contributed by atoms with van der Waals surface area (Å²) in [4.78, 5) is 36.9. The Kier molecular flexibility index (Phi) is 8.31. The molecule has 0 radical (unpaired) electrons. The highest BCUT2D eigenvalue weighted by atomic mass is 35.5. The number of anilines is 3. The fraction of sp³-hybridized carbons (Fsp3) is 0.160. The van der Waals surface area contributed by atoms with Gasteiger partial charge in [0.2, 0.25) is 11.8 Å². The lowest BCUT2D eigenvalue weighted by Crippen LogP contribution is -2.19. The fourth-order valence-corrected chi connectivity index (χ4v) is 5.39. The first-order chi connectivity index (χ1) is 18.2. The topological polar surface area (TPSA) is 87.3 Å². The van der Waals surface area contributed by atoms with Gasteiger partial charge in [0.05, 0.1) is 32.2 Å². The standard InChI is InChI=1S/C25H15Cl5F3N3O3/c1-9(37)34-17-5-4-16(32)22(21(17)33)36-23(38)12-8-11(2-3-15(12)31)35-24(39)19-18(25(19,29)30)10-6-13(26)20(28)14(27)7-10/h2-8,18-19H,1H3,(H,34,37)(H,35,39)(H,36,38)/t18-,19+/m0/s1. The van der Waals surface area contributed by atoms with Crippen molar-refractivity contribution in [1.29, 1.82) is 0 Å². The summed E-state index contributed by atoms with van der Waals surface area (Å²) in [6.07, 6.45) is 0. The first-order valence-corrected chi connectivity index (χ1v) is 12.8. The maximum Gasteiger partial charge on any atom is 0.258 e. The minimum absolute atomic E-state index is 0.0264. The summed E-state index contributed by atoms with van der Waals surface area (Å²) < 4.78 is 41.9. The van der Waals surface area contributed by atoms with Gasteiger partial charge < -0.3 is 16.0 Å². The number of amides is 3. The Labute approximate surface area is 244 Å². The average molecular weight is 640 g/mol. The van der Waals surface area contributed by atoms with E-state index in [4.69, 9.17) is 58.0 Å². The third kappa shape index (κ3) is 5.93. The molecule has 0 aromatic heterocycles. The van der Waals surface area contributed by atoms with Gasteiger partial charge in [-0.2, -0.15) is 0 Å². The number of halogens is 8. The van der Waals surface area contributed by atoms with Crippen molar-refractivity contribution in [3.63, 3.8) is 0 Å². The van der Waals surface area contributed by atoms with E-state index in [0.29, 0.717) is 5.56 Å². The molecular weight excluding hydrogens is 625 g/mol. The molecule has 0 heterocycles. The summed E-state index contributed by atoms with van der Waals surface area (Å²) in [5, 5.41) is 6.99. The van der Waals surface area contributed by atoms with Gasteiger partial charge in [0.15, 0.2) is 5.82 Å². The Hall–Kier alpha value is -2.69. The van der Waals surface area contributed by atoms with Gasteiger partial charge >= 0.3 is 0 Å². The highest BCUT2D eigenvalue weighted by molar-refractivity contribution is 6.54. The molecule has 1 saturated carbocycles. The van der Waals surface area contributed by atoms with Gasteiger partial charge in [-0.15, -0.1) is 23.2 Å². The molecule has 3 N–H and O–H groups in total. The number of rotatable bonds is 6. The van der Waals surface area contributed by atoms with Crippen LogP contribution in [0, 0.1) is 23.4 Å². The van der Waals surface area contributed by atoms with Crippen LogP contribution in [0.2, 0.25) is 15.1 Å². The van der Waals surface area contributed by atoms with Crippen molar-refractivity contribution >= 4 is 92.8 Å². The van der Waals surface area contributed by atoms with E-state index < -0.39 is 68.3 Å². The highest BCUT2D eigenvalue weighted by Gasteiger charge is 2.67. The first-order valence-electron chi connectivity index (χ1n) is 10.9. The van der Waals surface area contributed by atoms with Gasteiger partial charge in [-0.1, -0.05) is 34.8 Å². The van der Waals surface area contributed by atoms with Crippen LogP contribution in [-0.2, 0) is 9.59 Å². The van der Waals surface area contributed by atoms with Crippen LogP contribution in [0.3, 0.4) is 0 Å². The van der Waals surface area contributed by atoms with Crippen molar-refractivity contribution in [2.24, 2.45) is 5.92 Å². The quantitative estimate of drug-likeness (QED) is 0.190.